The highest BCUT2D eigenvalue weighted by atomic mass is 32.2. The molecule has 0 bridgehead atoms. The van der Waals surface area contributed by atoms with Crippen LogP contribution >= 0.6 is 0 Å². The van der Waals surface area contributed by atoms with Crippen LogP contribution in [-0.2, 0) is 16.0 Å². The molecular weight excluding hydrogens is 379 g/mol. The van der Waals surface area contributed by atoms with Crippen molar-refractivity contribution in [3.8, 4) is 11.3 Å². The molecule has 1 heterocycles. The smallest absolute Gasteiger partial charge is 0.261 e. The lowest BCUT2D eigenvalue weighted by atomic mass is 10.1. The molecule has 0 spiro atoms. The summed E-state index contributed by atoms with van der Waals surface area (Å²) in [6.45, 7) is 0. The molecular formula is C16H15F5N2O2S. The van der Waals surface area contributed by atoms with Gasteiger partial charge >= 0.3 is 6.18 Å². The van der Waals surface area contributed by atoms with Crippen LogP contribution < -0.4 is 0 Å². The van der Waals surface area contributed by atoms with Gasteiger partial charge in [0.25, 0.3) is 0 Å². The Morgan fingerprint density at radius 1 is 1.08 bits per heavy atom. The summed E-state index contributed by atoms with van der Waals surface area (Å²) in [4.78, 5) is -0.846. The topological polar surface area (TPSA) is 52.0 Å². The van der Waals surface area contributed by atoms with Crippen molar-refractivity contribution in [3.63, 3.8) is 0 Å². The summed E-state index contributed by atoms with van der Waals surface area (Å²) in [5.74, 6) is -2.35. The molecule has 1 aliphatic rings. The van der Waals surface area contributed by atoms with Crippen molar-refractivity contribution in [2.75, 3.05) is 6.26 Å². The molecule has 10 heteroatoms. The first-order valence-corrected chi connectivity index (χ1v) is 9.74. The molecule has 1 fully saturated rings. The second kappa shape index (κ2) is 6.33. The van der Waals surface area contributed by atoms with E-state index in [0.717, 1.165) is 23.8 Å². The first kappa shape index (κ1) is 18.8. The van der Waals surface area contributed by atoms with Gasteiger partial charge in [-0.3, -0.25) is 4.68 Å². The predicted octanol–water partition coefficient (Wildman–Crippen LogP) is 4.37. The van der Waals surface area contributed by atoms with Crippen LogP contribution in [0.2, 0.25) is 0 Å². The van der Waals surface area contributed by atoms with Crippen molar-refractivity contribution in [1.29, 1.82) is 0 Å². The molecule has 1 aromatic carbocycles. The average molecular weight is 394 g/mol. The zero-order chi connectivity index (χ0) is 19.3. The number of nitrogens with zero attached hydrogens (tertiary/aromatic N) is 2. The van der Waals surface area contributed by atoms with Gasteiger partial charge in [0.2, 0.25) is 0 Å². The molecule has 0 saturated heterocycles. The fourth-order valence-corrected chi connectivity index (χ4v) is 3.90. The Morgan fingerprint density at radius 2 is 1.69 bits per heavy atom. The quantitative estimate of drug-likeness (QED) is 0.727. The Hall–Kier alpha value is -1.97. The fraction of sp³-hybridized carbons (Fsp3) is 0.438. The first-order valence-electron chi connectivity index (χ1n) is 7.84. The SMILES string of the molecule is CS(=O)(=O)c1cc(F)c(-c2cc(C(F)(F)F)nn2C2CCCC2)cc1F. The van der Waals surface area contributed by atoms with Crippen LogP contribution in [0.5, 0.6) is 0 Å². The minimum atomic E-state index is -4.74. The molecule has 4 nitrogen and oxygen atoms in total. The van der Waals surface area contributed by atoms with E-state index in [2.05, 4.69) is 5.10 Å². The second-order valence-corrected chi connectivity index (χ2v) is 8.31. The molecule has 1 aliphatic carbocycles. The monoisotopic (exact) mass is 394 g/mol. The van der Waals surface area contributed by atoms with E-state index in [1.54, 1.807) is 0 Å². The van der Waals surface area contributed by atoms with E-state index in [9.17, 15) is 30.4 Å². The number of hydrogen-bond donors (Lipinski definition) is 0. The fourth-order valence-electron chi connectivity index (χ4n) is 3.17. The van der Waals surface area contributed by atoms with Gasteiger partial charge < -0.3 is 0 Å². The number of alkyl halides is 3. The van der Waals surface area contributed by atoms with Gasteiger partial charge in [0, 0.05) is 11.8 Å². The zero-order valence-corrected chi connectivity index (χ0v) is 14.5. The van der Waals surface area contributed by atoms with E-state index in [4.69, 9.17) is 0 Å². The third-order valence-corrected chi connectivity index (χ3v) is 5.51. The van der Waals surface area contributed by atoms with Gasteiger partial charge in [0.1, 0.15) is 16.5 Å². The van der Waals surface area contributed by atoms with Crippen LogP contribution in [0.25, 0.3) is 11.3 Å². The Balaban J connectivity index is 2.20. The Morgan fingerprint density at radius 3 is 2.23 bits per heavy atom. The molecule has 1 aromatic heterocycles. The molecule has 0 radical (unpaired) electrons. The highest BCUT2D eigenvalue weighted by Crippen LogP contribution is 2.38. The highest BCUT2D eigenvalue weighted by Gasteiger charge is 2.37. The minimum Gasteiger partial charge on any atom is -0.261 e. The molecule has 26 heavy (non-hydrogen) atoms. The van der Waals surface area contributed by atoms with Gasteiger partial charge in [-0.25, -0.2) is 17.2 Å². The molecule has 0 unspecified atom stereocenters. The van der Waals surface area contributed by atoms with Crippen molar-refractivity contribution in [2.24, 2.45) is 0 Å². The molecule has 0 atom stereocenters. The number of sulfone groups is 1. The number of halogens is 5. The third-order valence-electron chi connectivity index (χ3n) is 4.39. The zero-order valence-electron chi connectivity index (χ0n) is 13.6. The largest absolute Gasteiger partial charge is 0.435 e. The van der Waals surface area contributed by atoms with Gasteiger partial charge in [-0.05, 0) is 31.0 Å². The average Bonchev–Trinajstić information content (AvgIpc) is 3.15. The minimum absolute atomic E-state index is 0.222. The highest BCUT2D eigenvalue weighted by molar-refractivity contribution is 7.90. The Kier molecular flexibility index (Phi) is 4.58. The lowest BCUT2D eigenvalue weighted by Gasteiger charge is -2.15. The molecule has 0 amide bonds. The van der Waals surface area contributed by atoms with Crippen LogP contribution in [0.4, 0.5) is 22.0 Å². The number of aromatic nitrogens is 2. The summed E-state index contributed by atoms with van der Waals surface area (Å²) in [6.07, 6.45) is -1.26. The maximum atomic E-state index is 14.5. The number of hydrogen-bond acceptors (Lipinski definition) is 3. The van der Waals surface area contributed by atoms with Crippen LogP contribution in [-0.4, -0.2) is 24.5 Å². The van der Waals surface area contributed by atoms with Gasteiger partial charge in [-0.1, -0.05) is 12.8 Å². The standard InChI is InChI=1S/C16H15F5N2O2S/c1-26(24,25)14-7-11(17)10(6-12(14)18)13-8-15(16(19,20)21)22-23(13)9-4-2-3-5-9/h6-9H,2-5H2,1H3. The molecule has 0 N–H and O–H groups in total. The lowest BCUT2D eigenvalue weighted by molar-refractivity contribution is -0.141. The number of benzene rings is 1. The maximum Gasteiger partial charge on any atom is 0.435 e. The normalized spacial score (nSPS) is 16.4. The summed E-state index contributed by atoms with van der Waals surface area (Å²) in [5.41, 5.74) is -1.88. The molecule has 3 rings (SSSR count). The summed E-state index contributed by atoms with van der Waals surface area (Å²) < 4.78 is 91.9. The third kappa shape index (κ3) is 3.46. The van der Waals surface area contributed by atoms with Gasteiger partial charge in [-0.2, -0.15) is 18.3 Å². The number of rotatable bonds is 3. The summed E-state index contributed by atoms with van der Waals surface area (Å²) in [5, 5.41) is 3.57. The first-order chi connectivity index (χ1) is 12.0. The van der Waals surface area contributed by atoms with E-state index in [0.29, 0.717) is 31.0 Å². The van der Waals surface area contributed by atoms with Crippen molar-refractivity contribution >= 4 is 9.84 Å². The molecule has 0 aliphatic heterocycles. The van der Waals surface area contributed by atoms with Crippen molar-refractivity contribution in [2.45, 2.75) is 42.8 Å². The van der Waals surface area contributed by atoms with E-state index in [-0.39, 0.29) is 11.7 Å². The van der Waals surface area contributed by atoms with E-state index >= 15 is 0 Å². The molecule has 2 aromatic rings. The molecule has 1 saturated carbocycles. The van der Waals surface area contributed by atoms with Gasteiger partial charge in [0.15, 0.2) is 15.5 Å². The summed E-state index contributed by atoms with van der Waals surface area (Å²) >= 11 is 0. The second-order valence-electron chi connectivity index (χ2n) is 6.33. The summed E-state index contributed by atoms with van der Waals surface area (Å²) in [7, 11) is -4.02. The summed E-state index contributed by atoms with van der Waals surface area (Å²) in [6, 6.07) is 1.40. The van der Waals surface area contributed by atoms with Crippen molar-refractivity contribution in [3.05, 3.63) is 35.5 Å². The Bertz CT molecular complexity index is 944. The van der Waals surface area contributed by atoms with E-state index < -0.39 is 43.8 Å². The van der Waals surface area contributed by atoms with Crippen LogP contribution in [0.3, 0.4) is 0 Å². The molecule has 142 valence electrons. The maximum absolute atomic E-state index is 14.5. The van der Waals surface area contributed by atoms with E-state index in [1.165, 1.54) is 0 Å². The van der Waals surface area contributed by atoms with Crippen molar-refractivity contribution < 1.29 is 30.4 Å². The predicted molar refractivity (Wildman–Crippen MR) is 83.2 cm³/mol. The van der Waals surface area contributed by atoms with Crippen molar-refractivity contribution in [1.82, 2.24) is 9.78 Å². The van der Waals surface area contributed by atoms with Gasteiger partial charge in [-0.15, -0.1) is 0 Å². The van der Waals surface area contributed by atoms with E-state index in [1.807, 2.05) is 0 Å². The van der Waals surface area contributed by atoms with Gasteiger partial charge in [0.05, 0.1) is 11.7 Å². The lowest BCUT2D eigenvalue weighted by Crippen LogP contribution is -2.12. The Labute approximate surface area is 146 Å². The van der Waals surface area contributed by atoms with Crippen LogP contribution in [0.15, 0.2) is 23.1 Å². The van der Waals surface area contributed by atoms with Crippen LogP contribution in [0, 0.1) is 11.6 Å². The van der Waals surface area contributed by atoms with Crippen LogP contribution in [0.1, 0.15) is 37.4 Å².